The fourth-order valence-electron chi connectivity index (χ4n) is 10.6. The molecular formula is C31H56OSi. The van der Waals surface area contributed by atoms with E-state index in [0.29, 0.717) is 33.6 Å². The summed E-state index contributed by atoms with van der Waals surface area (Å²) in [5.41, 5.74) is 4.89. The smallest absolute Gasteiger partial charge is 0.200 e. The molecule has 0 unspecified atom stereocenters. The molecule has 190 valence electrons. The zero-order valence-electron chi connectivity index (χ0n) is 23.8. The number of rotatable bonds is 6. The molecule has 4 rings (SSSR count). The van der Waals surface area contributed by atoms with Crippen LogP contribution in [0.4, 0.5) is 0 Å². The van der Waals surface area contributed by atoms with Gasteiger partial charge < -0.3 is 4.43 Å². The van der Waals surface area contributed by atoms with E-state index in [1.54, 1.807) is 5.57 Å². The molecule has 0 radical (unpaired) electrons. The van der Waals surface area contributed by atoms with Gasteiger partial charge in [-0.15, -0.1) is 0 Å². The van der Waals surface area contributed by atoms with Crippen LogP contribution in [0.2, 0.25) is 16.6 Å². The quantitative estimate of drug-likeness (QED) is 0.276. The van der Waals surface area contributed by atoms with Gasteiger partial charge >= 0.3 is 0 Å². The summed E-state index contributed by atoms with van der Waals surface area (Å²) in [6.45, 7) is 25.0. The van der Waals surface area contributed by atoms with Crippen molar-refractivity contribution in [1.82, 2.24) is 0 Å². The first-order valence-electron chi connectivity index (χ1n) is 14.7. The van der Waals surface area contributed by atoms with Crippen LogP contribution < -0.4 is 0 Å². The highest BCUT2D eigenvalue weighted by Gasteiger charge is 2.59. The zero-order chi connectivity index (χ0) is 24.3. The Hall–Kier alpha value is -0.0831. The third kappa shape index (κ3) is 3.96. The predicted molar refractivity (Wildman–Crippen MR) is 146 cm³/mol. The van der Waals surface area contributed by atoms with Crippen molar-refractivity contribution in [3.05, 3.63) is 11.6 Å². The second kappa shape index (κ2) is 9.09. The molecule has 0 saturated heterocycles. The summed E-state index contributed by atoms with van der Waals surface area (Å²) in [6.07, 6.45) is 14.4. The van der Waals surface area contributed by atoms with Crippen LogP contribution in [0.1, 0.15) is 121 Å². The summed E-state index contributed by atoms with van der Waals surface area (Å²) in [5.74, 6) is 4.63. The van der Waals surface area contributed by atoms with Gasteiger partial charge in [-0.1, -0.05) is 80.9 Å². The Kier molecular flexibility index (Phi) is 7.16. The van der Waals surface area contributed by atoms with E-state index in [0.717, 1.165) is 29.6 Å². The highest BCUT2D eigenvalue weighted by atomic mass is 28.4. The molecule has 4 aliphatic carbocycles. The van der Waals surface area contributed by atoms with Gasteiger partial charge in [0.15, 0.2) is 0 Å². The Morgan fingerprint density at radius 1 is 0.818 bits per heavy atom. The average Bonchev–Trinajstić information content (AvgIpc) is 3.08. The van der Waals surface area contributed by atoms with Crippen LogP contribution in [0.25, 0.3) is 0 Å². The van der Waals surface area contributed by atoms with Crippen molar-refractivity contribution in [2.75, 3.05) is 0 Å². The third-order valence-corrected chi connectivity index (χ3v) is 18.2. The summed E-state index contributed by atoms with van der Waals surface area (Å²) in [7, 11) is -1.80. The molecule has 3 saturated carbocycles. The Morgan fingerprint density at radius 3 is 2.03 bits per heavy atom. The van der Waals surface area contributed by atoms with Crippen molar-refractivity contribution in [3.8, 4) is 0 Å². The summed E-state index contributed by atoms with van der Waals surface area (Å²) >= 11 is 0. The van der Waals surface area contributed by atoms with Gasteiger partial charge in [-0.25, -0.2) is 0 Å². The number of fused-ring (bicyclic) bond motifs is 5. The molecule has 4 aliphatic rings. The molecule has 33 heavy (non-hydrogen) atoms. The van der Waals surface area contributed by atoms with Crippen molar-refractivity contribution in [2.24, 2.45) is 40.4 Å². The highest BCUT2D eigenvalue weighted by Crippen LogP contribution is 2.67. The molecule has 0 aromatic carbocycles. The number of allylic oxidation sites excluding steroid dienone is 1. The second-order valence-corrected chi connectivity index (χ2v) is 19.9. The fraction of sp³-hybridized carbons (Fsp3) is 0.935. The Morgan fingerprint density at radius 2 is 1.45 bits per heavy atom. The van der Waals surface area contributed by atoms with Crippen molar-refractivity contribution in [3.63, 3.8) is 0 Å². The van der Waals surface area contributed by atoms with Gasteiger partial charge in [-0.2, -0.15) is 0 Å². The van der Waals surface area contributed by atoms with Crippen LogP contribution in [0.15, 0.2) is 11.6 Å². The molecule has 0 aromatic rings. The van der Waals surface area contributed by atoms with Crippen LogP contribution in [-0.4, -0.2) is 14.4 Å². The van der Waals surface area contributed by atoms with Crippen molar-refractivity contribution in [2.45, 2.75) is 143 Å². The molecule has 2 heteroatoms. The van der Waals surface area contributed by atoms with Gasteiger partial charge in [0.2, 0.25) is 8.32 Å². The summed E-state index contributed by atoms with van der Waals surface area (Å²) in [4.78, 5) is 0. The first-order valence-corrected chi connectivity index (χ1v) is 16.9. The summed E-state index contributed by atoms with van der Waals surface area (Å²) in [5, 5.41) is 0. The maximum atomic E-state index is 7.32. The maximum Gasteiger partial charge on any atom is 0.200 e. The van der Waals surface area contributed by atoms with Gasteiger partial charge in [0.1, 0.15) is 0 Å². The van der Waals surface area contributed by atoms with E-state index in [4.69, 9.17) is 4.43 Å². The SMILES string of the molecule is CC(C)[C@H]1CC[C@H]2[C@@H]3CC=C4C[C@@H](O[Si](C(C)C)(C(C)C)C(C)C)CC[C@]4(C)[C@H]3CC[C@]12C. The molecule has 0 spiro atoms. The van der Waals surface area contributed by atoms with Crippen LogP contribution in [0.3, 0.4) is 0 Å². The van der Waals surface area contributed by atoms with Crippen LogP contribution in [0.5, 0.6) is 0 Å². The first-order chi connectivity index (χ1) is 15.4. The lowest BCUT2D eigenvalue weighted by Gasteiger charge is -2.59. The minimum Gasteiger partial charge on any atom is -0.413 e. The van der Waals surface area contributed by atoms with E-state index >= 15 is 0 Å². The second-order valence-electron chi connectivity index (χ2n) is 14.5. The monoisotopic (exact) mass is 472 g/mol. The van der Waals surface area contributed by atoms with Gasteiger partial charge in [0.05, 0.1) is 0 Å². The molecule has 0 N–H and O–H groups in total. The third-order valence-electron chi connectivity index (χ3n) is 12.0. The van der Waals surface area contributed by atoms with Crippen LogP contribution in [0, 0.1) is 40.4 Å². The molecule has 0 aliphatic heterocycles. The minimum atomic E-state index is -1.80. The van der Waals surface area contributed by atoms with Gasteiger partial charge in [-0.3, -0.25) is 0 Å². The molecule has 0 aromatic heterocycles. The van der Waals surface area contributed by atoms with Crippen LogP contribution in [-0.2, 0) is 4.43 Å². The maximum absolute atomic E-state index is 7.32. The lowest BCUT2D eigenvalue weighted by atomic mass is 9.47. The average molecular weight is 473 g/mol. The lowest BCUT2D eigenvalue weighted by Crippen LogP contribution is -2.53. The molecule has 3 fully saturated rings. The molecule has 1 nitrogen and oxygen atoms in total. The first kappa shape index (κ1) is 26.0. The Bertz CT molecular complexity index is 713. The van der Waals surface area contributed by atoms with Crippen molar-refractivity contribution < 1.29 is 4.43 Å². The molecule has 0 heterocycles. The number of hydrogen-bond acceptors (Lipinski definition) is 1. The largest absolute Gasteiger partial charge is 0.413 e. The van der Waals surface area contributed by atoms with Crippen molar-refractivity contribution >= 4 is 8.32 Å². The molecule has 7 atom stereocenters. The van der Waals surface area contributed by atoms with E-state index in [1.807, 2.05) is 0 Å². The van der Waals surface area contributed by atoms with E-state index in [2.05, 4.69) is 75.3 Å². The zero-order valence-corrected chi connectivity index (χ0v) is 24.8. The number of hydrogen-bond donors (Lipinski definition) is 0. The molecule has 0 amide bonds. The lowest BCUT2D eigenvalue weighted by molar-refractivity contribution is -0.0549. The fourth-order valence-corrected chi connectivity index (χ4v) is 16.2. The van der Waals surface area contributed by atoms with Crippen LogP contribution >= 0.6 is 0 Å². The standard InChI is InChI=1S/C31H56OSi/c1-20(2)27-13-14-28-26-12-11-24-19-25(32-33(21(3)4,22(5)6)23(7)8)15-17-30(24,9)29(26)16-18-31(27,28)10/h11,20-23,25-29H,12-19H2,1-10H3/t25-,26-,27+,28-,29-,30-,31+/m0/s1. The minimum absolute atomic E-state index is 0.442. The summed E-state index contributed by atoms with van der Waals surface area (Å²) in [6, 6.07) is 0. The van der Waals surface area contributed by atoms with E-state index < -0.39 is 8.32 Å². The van der Waals surface area contributed by atoms with E-state index in [9.17, 15) is 0 Å². The normalized spacial score (nSPS) is 41.4. The van der Waals surface area contributed by atoms with Gasteiger partial charge in [0, 0.05) is 6.10 Å². The molecular weight excluding hydrogens is 416 g/mol. The van der Waals surface area contributed by atoms with Gasteiger partial charge in [0.25, 0.3) is 0 Å². The topological polar surface area (TPSA) is 9.23 Å². The van der Waals surface area contributed by atoms with Crippen molar-refractivity contribution in [1.29, 1.82) is 0 Å². The van der Waals surface area contributed by atoms with E-state index in [-0.39, 0.29) is 0 Å². The van der Waals surface area contributed by atoms with Gasteiger partial charge in [-0.05, 0) is 108 Å². The Balaban J connectivity index is 1.54. The summed E-state index contributed by atoms with van der Waals surface area (Å²) < 4.78 is 7.32. The van der Waals surface area contributed by atoms with E-state index in [1.165, 1.54) is 51.4 Å². The Labute approximate surface area is 208 Å². The highest BCUT2D eigenvalue weighted by molar-refractivity contribution is 6.77. The predicted octanol–water partition coefficient (Wildman–Crippen LogP) is 9.78. The molecule has 0 bridgehead atoms.